The summed E-state index contributed by atoms with van der Waals surface area (Å²) in [4.78, 5) is 0. The fourth-order valence-corrected chi connectivity index (χ4v) is 4.57. The molecule has 0 aromatic carbocycles. The van der Waals surface area contributed by atoms with Gasteiger partial charge >= 0.3 is 0 Å². The second-order valence-electron chi connectivity index (χ2n) is 3.50. The van der Waals surface area contributed by atoms with Gasteiger partial charge in [-0.1, -0.05) is 6.92 Å². The topological polar surface area (TPSA) is 46.2 Å². The van der Waals surface area contributed by atoms with Crippen LogP contribution in [0.15, 0.2) is 20.1 Å². The molecule has 1 N–H and O–H groups in total. The zero-order chi connectivity index (χ0) is 10.3. The van der Waals surface area contributed by atoms with Crippen LogP contribution >= 0.6 is 27.3 Å². The fourth-order valence-electron chi connectivity index (χ4n) is 1.19. The number of sulfonamides is 1. The molecule has 6 heteroatoms. The second-order valence-corrected chi connectivity index (χ2v) is 7.90. The van der Waals surface area contributed by atoms with Gasteiger partial charge in [-0.3, -0.25) is 0 Å². The molecule has 1 aromatic rings. The summed E-state index contributed by atoms with van der Waals surface area (Å²) < 4.78 is 27.3. The highest BCUT2D eigenvalue weighted by atomic mass is 79.9. The van der Waals surface area contributed by atoms with E-state index in [9.17, 15) is 8.42 Å². The van der Waals surface area contributed by atoms with E-state index in [2.05, 4.69) is 20.7 Å². The molecule has 0 spiro atoms. The summed E-state index contributed by atoms with van der Waals surface area (Å²) in [6.07, 6.45) is 0.950. The highest BCUT2D eigenvalue weighted by Gasteiger charge is 2.36. The van der Waals surface area contributed by atoms with Gasteiger partial charge in [-0.25, -0.2) is 13.1 Å². The van der Waals surface area contributed by atoms with Crippen molar-refractivity contribution in [2.45, 2.75) is 23.6 Å². The van der Waals surface area contributed by atoms with Crippen molar-refractivity contribution in [1.82, 2.24) is 4.72 Å². The van der Waals surface area contributed by atoms with Crippen molar-refractivity contribution in [3.63, 3.8) is 0 Å². The largest absolute Gasteiger partial charge is 0.250 e. The van der Waals surface area contributed by atoms with E-state index >= 15 is 0 Å². The molecule has 0 amide bonds. The van der Waals surface area contributed by atoms with E-state index in [0.717, 1.165) is 10.2 Å². The van der Waals surface area contributed by atoms with Gasteiger partial charge in [0.05, 0.1) is 3.79 Å². The van der Waals surface area contributed by atoms with Crippen LogP contribution in [0.3, 0.4) is 0 Å². The smallest absolute Gasteiger partial charge is 0.207 e. The van der Waals surface area contributed by atoms with Crippen LogP contribution < -0.4 is 4.72 Å². The lowest BCUT2D eigenvalue weighted by Gasteiger charge is -2.01. The molecule has 1 fully saturated rings. The van der Waals surface area contributed by atoms with Crippen molar-refractivity contribution in [3.05, 3.63) is 15.9 Å². The normalized spacial score (nSPS) is 26.4. The van der Waals surface area contributed by atoms with Crippen LogP contribution in [-0.4, -0.2) is 14.5 Å². The van der Waals surface area contributed by atoms with Gasteiger partial charge in [-0.05, 0) is 40.4 Å². The Balaban J connectivity index is 2.16. The Morgan fingerprint density at radius 3 is 2.64 bits per heavy atom. The Labute approximate surface area is 95.7 Å². The van der Waals surface area contributed by atoms with Gasteiger partial charge in [0, 0.05) is 6.04 Å². The molecule has 1 aromatic heterocycles. The van der Waals surface area contributed by atoms with E-state index in [4.69, 9.17) is 0 Å². The predicted octanol–water partition coefficient (Wildman–Crippen LogP) is 2.20. The minimum Gasteiger partial charge on any atom is -0.207 e. The summed E-state index contributed by atoms with van der Waals surface area (Å²) in [5.74, 6) is 0.480. The highest BCUT2D eigenvalue weighted by molar-refractivity contribution is 9.11. The molecule has 0 bridgehead atoms. The Morgan fingerprint density at radius 1 is 1.57 bits per heavy atom. The van der Waals surface area contributed by atoms with Gasteiger partial charge in [-0.2, -0.15) is 0 Å². The van der Waals surface area contributed by atoms with Crippen LogP contribution in [0.5, 0.6) is 0 Å². The summed E-state index contributed by atoms with van der Waals surface area (Å²) in [6.45, 7) is 2.04. The lowest BCUT2D eigenvalue weighted by Crippen LogP contribution is -2.25. The van der Waals surface area contributed by atoms with Gasteiger partial charge in [0.15, 0.2) is 0 Å². The van der Waals surface area contributed by atoms with Crippen molar-refractivity contribution in [3.8, 4) is 0 Å². The van der Waals surface area contributed by atoms with E-state index in [1.807, 2.05) is 6.92 Å². The van der Waals surface area contributed by atoms with E-state index < -0.39 is 10.0 Å². The summed E-state index contributed by atoms with van der Waals surface area (Å²) in [5, 5.41) is 0. The minimum absolute atomic E-state index is 0.140. The lowest BCUT2D eigenvalue weighted by molar-refractivity contribution is 0.580. The number of halogens is 1. The minimum atomic E-state index is -3.27. The third-order valence-electron chi connectivity index (χ3n) is 2.23. The Hall–Kier alpha value is 0.0900. The number of hydrogen-bond donors (Lipinski definition) is 1. The molecule has 0 saturated heterocycles. The van der Waals surface area contributed by atoms with Gasteiger partial charge in [0.25, 0.3) is 0 Å². The molecule has 1 aliphatic carbocycles. The van der Waals surface area contributed by atoms with Crippen molar-refractivity contribution in [2.24, 2.45) is 5.92 Å². The summed E-state index contributed by atoms with van der Waals surface area (Å²) in [5.41, 5.74) is 0. The van der Waals surface area contributed by atoms with Crippen LogP contribution in [0.1, 0.15) is 13.3 Å². The summed E-state index contributed by atoms with van der Waals surface area (Å²) in [6, 6.07) is 3.50. The molecule has 2 atom stereocenters. The van der Waals surface area contributed by atoms with Crippen LogP contribution in [0.25, 0.3) is 0 Å². The molecular weight excluding hydrogens is 286 g/mol. The predicted molar refractivity (Wildman–Crippen MR) is 59.9 cm³/mol. The van der Waals surface area contributed by atoms with Gasteiger partial charge in [0.1, 0.15) is 4.21 Å². The fraction of sp³-hybridized carbons (Fsp3) is 0.500. The molecule has 1 heterocycles. The van der Waals surface area contributed by atoms with Crippen molar-refractivity contribution < 1.29 is 8.42 Å². The third kappa shape index (κ3) is 2.18. The van der Waals surface area contributed by atoms with Gasteiger partial charge < -0.3 is 0 Å². The number of hydrogen-bond acceptors (Lipinski definition) is 3. The van der Waals surface area contributed by atoms with Crippen LogP contribution in [-0.2, 0) is 10.0 Å². The maximum atomic E-state index is 11.7. The Kier molecular flexibility index (Phi) is 2.72. The first-order chi connectivity index (χ1) is 6.49. The third-order valence-corrected chi connectivity index (χ3v) is 5.83. The van der Waals surface area contributed by atoms with Crippen molar-refractivity contribution in [1.29, 1.82) is 0 Å². The summed E-state index contributed by atoms with van der Waals surface area (Å²) >= 11 is 4.48. The van der Waals surface area contributed by atoms with Crippen LogP contribution in [0, 0.1) is 5.92 Å². The molecule has 2 rings (SSSR count). The van der Waals surface area contributed by atoms with Gasteiger partial charge in [0.2, 0.25) is 10.0 Å². The standard InChI is InChI=1S/C8H10BrNO2S2/c1-5-4-6(5)10-14(11,12)8-3-2-7(9)13-8/h2-3,5-6,10H,4H2,1H3. The summed E-state index contributed by atoms with van der Waals surface area (Å²) in [7, 11) is -3.27. The SMILES string of the molecule is CC1CC1NS(=O)(=O)c1ccc(Br)s1. The first-order valence-electron chi connectivity index (χ1n) is 4.27. The number of rotatable bonds is 3. The average Bonchev–Trinajstić information content (AvgIpc) is 2.61. The van der Waals surface area contributed by atoms with Crippen LogP contribution in [0.4, 0.5) is 0 Å². The number of thiophene rings is 1. The maximum absolute atomic E-state index is 11.7. The molecule has 3 nitrogen and oxygen atoms in total. The average molecular weight is 296 g/mol. The van der Waals surface area contributed by atoms with Crippen LogP contribution in [0.2, 0.25) is 0 Å². The maximum Gasteiger partial charge on any atom is 0.250 e. The lowest BCUT2D eigenvalue weighted by atomic mass is 10.5. The van der Waals surface area contributed by atoms with E-state index in [1.165, 1.54) is 11.3 Å². The zero-order valence-electron chi connectivity index (χ0n) is 7.53. The molecule has 0 aliphatic heterocycles. The monoisotopic (exact) mass is 295 g/mol. The molecule has 14 heavy (non-hydrogen) atoms. The Morgan fingerprint density at radius 2 is 2.21 bits per heavy atom. The van der Waals surface area contributed by atoms with E-state index in [1.54, 1.807) is 12.1 Å². The quantitative estimate of drug-likeness (QED) is 0.929. The van der Waals surface area contributed by atoms with Crippen molar-refractivity contribution in [2.75, 3.05) is 0 Å². The first-order valence-corrected chi connectivity index (χ1v) is 7.36. The second kappa shape index (κ2) is 3.59. The molecule has 1 aliphatic rings. The number of nitrogens with one attached hydrogen (secondary N) is 1. The van der Waals surface area contributed by atoms with Crippen molar-refractivity contribution >= 4 is 37.3 Å². The van der Waals surface area contributed by atoms with Gasteiger partial charge in [-0.15, -0.1) is 11.3 Å². The molecule has 78 valence electrons. The molecule has 2 unspecified atom stereocenters. The molecule has 0 radical (unpaired) electrons. The highest BCUT2D eigenvalue weighted by Crippen LogP contribution is 2.32. The molecule has 1 saturated carbocycles. The Bertz CT molecular complexity index is 440. The van der Waals surface area contributed by atoms with E-state index in [0.29, 0.717) is 10.1 Å². The molecular formula is C8H10BrNO2S2. The first kappa shape index (κ1) is 10.6. The zero-order valence-corrected chi connectivity index (χ0v) is 10.7. The van der Waals surface area contributed by atoms with E-state index in [-0.39, 0.29) is 6.04 Å².